The molecule has 22 heavy (non-hydrogen) atoms. The summed E-state index contributed by atoms with van der Waals surface area (Å²) in [4.78, 5) is 11.8. The Kier molecular flexibility index (Phi) is 5.39. The molecule has 0 aliphatic heterocycles. The van der Waals surface area contributed by atoms with Gasteiger partial charge in [0.25, 0.3) is 0 Å². The van der Waals surface area contributed by atoms with Gasteiger partial charge in [-0.15, -0.1) is 10.2 Å². The fourth-order valence-electron chi connectivity index (χ4n) is 2.69. The normalized spacial score (nSPS) is 21.8. The van der Waals surface area contributed by atoms with Gasteiger partial charge in [-0.2, -0.15) is 0 Å². The highest BCUT2D eigenvalue weighted by Gasteiger charge is 2.27. The van der Waals surface area contributed by atoms with Gasteiger partial charge in [0.05, 0.1) is 6.54 Å². The third-order valence-corrected chi connectivity index (χ3v) is 3.74. The van der Waals surface area contributed by atoms with E-state index in [4.69, 9.17) is 4.74 Å². The van der Waals surface area contributed by atoms with Gasteiger partial charge in [-0.3, -0.25) is 0 Å². The van der Waals surface area contributed by atoms with Crippen molar-refractivity contribution in [2.45, 2.75) is 77.7 Å². The van der Waals surface area contributed by atoms with Crippen LogP contribution in [0.15, 0.2) is 6.33 Å². The molecule has 7 nitrogen and oxygen atoms in total. The molecule has 1 amide bonds. The van der Waals surface area contributed by atoms with Gasteiger partial charge in [0.1, 0.15) is 17.8 Å². The van der Waals surface area contributed by atoms with Gasteiger partial charge in [0.15, 0.2) is 0 Å². The molecule has 0 bridgehead atoms. The lowest BCUT2D eigenvalue weighted by atomic mass is 10.2. The van der Waals surface area contributed by atoms with Crippen molar-refractivity contribution in [2.75, 3.05) is 0 Å². The van der Waals surface area contributed by atoms with E-state index in [9.17, 15) is 4.79 Å². The first-order valence-electron chi connectivity index (χ1n) is 7.97. The van der Waals surface area contributed by atoms with Gasteiger partial charge >= 0.3 is 6.09 Å². The highest BCUT2D eigenvalue weighted by atomic mass is 16.6. The van der Waals surface area contributed by atoms with E-state index in [1.165, 1.54) is 0 Å². The topological polar surface area (TPSA) is 81.1 Å². The van der Waals surface area contributed by atoms with E-state index in [-0.39, 0.29) is 12.1 Å². The molecule has 2 N–H and O–H groups in total. The van der Waals surface area contributed by atoms with Crippen LogP contribution in [0.5, 0.6) is 0 Å². The third-order valence-electron chi connectivity index (χ3n) is 3.74. The number of carbonyl (C=O) groups is 1. The lowest BCUT2D eigenvalue weighted by molar-refractivity contribution is 0.0505. The molecule has 0 saturated heterocycles. The average molecular weight is 309 g/mol. The molecular formula is C15H27N5O2. The number of nitrogens with one attached hydrogen (secondary N) is 2. The number of rotatable bonds is 5. The van der Waals surface area contributed by atoms with Crippen molar-refractivity contribution in [2.24, 2.45) is 0 Å². The Morgan fingerprint density at radius 2 is 2.14 bits per heavy atom. The monoisotopic (exact) mass is 309 g/mol. The van der Waals surface area contributed by atoms with Crippen LogP contribution in [-0.4, -0.2) is 38.5 Å². The van der Waals surface area contributed by atoms with Crippen LogP contribution in [0.25, 0.3) is 0 Å². The number of alkyl carbamates (subject to hydrolysis) is 1. The van der Waals surface area contributed by atoms with Gasteiger partial charge in [0.2, 0.25) is 0 Å². The lowest BCUT2D eigenvalue weighted by Crippen LogP contribution is -2.39. The first kappa shape index (κ1) is 16.7. The van der Waals surface area contributed by atoms with Crippen molar-refractivity contribution in [3.8, 4) is 0 Å². The Balaban J connectivity index is 1.73. The summed E-state index contributed by atoms with van der Waals surface area (Å²) in [5, 5.41) is 14.5. The second kappa shape index (κ2) is 7.09. The van der Waals surface area contributed by atoms with Gasteiger partial charge < -0.3 is 19.9 Å². The van der Waals surface area contributed by atoms with E-state index in [1.807, 2.05) is 25.3 Å². The number of amides is 1. The lowest BCUT2D eigenvalue weighted by Gasteiger charge is -2.21. The number of aryl methyl sites for hydroxylation is 1. The Labute approximate surface area is 131 Å². The minimum absolute atomic E-state index is 0.177. The van der Waals surface area contributed by atoms with Crippen LogP contribution in [0.4, 0.5) is 4.79 Å². The van der Waals surface area contributed by atoms with Gasteiger partial charge in [-0.25, -0.2) is 4.79 Å². The Bertz CT molecular complexity index is 494. The second-order valence-corrected chi connectivity index (χ2v) is 6.77. The van der Waals surface area contributed by atoms with E-state index in [2.05, 4.69) is 27.8 Å². The quantitative estimate of drug-likeness (QED) is 0.867. The van der Waals surface area contributed by atoms with Crippen LogP contribution in [0.1, 0.15) is 52.8 Å². The van der Waals surface area contributed by atoms with Crippen LogP contribution in [0, 0.1) is 0 Å². The molecule has 2 atom stereocenters. The van der Waals surface area contributed by atoms with E-state index in [0.29, 0.717) is 12.6 Å². The first-order chi connectivity index (χ1) is 10.4. The van der Waals surface area contributed by atoms with Gasteiger partial charge in [0, 0.05) is 18.6 Å². The first-order valence-corrected chi connectivity index (χ1v) is 7.97. The van der Waals surface area contributed by atoms with E-state index in [1.54, 1.807) is 6.33 Å². The number of carbonyl (C=O) groups excluding carboxylic acids is 1. The number of hydrogen-bond acceptors (Lipinski definition) is 5. The highest BCUT2D eigenvalue weighted by molar-refractivity contribution is 5.68. The standard InChI is InChI=1S/C15H27N5O2/c1-5-20-10-17-19-13(20)9-16-11-6-7-12(8-11)18-14(21)22-15(2,3)4/h10-12,16H,5-9H2,1-4H3,(H,18,21). The summed E-state index contributed by atoms with van der Waals surface area (Å²) >= 11 is 0. The molecule has 1 aliphatic rings. The molecule has 0 aromatic carbocycles. The molecule has 2 unspecified atom stereocenters. The number of hydrogen-bond donors (Lipinski definition) is 2. The maximum absolute atomic E-state index is 11.8. The molecule has 1 aliphatic carbocycles. The SMILES string of the molecule is CCn1cnnc1CNC1CCC(NC(=O)OC(C)(C)C)C1. The molecule has 2 rings (SSSR count). The van der Waals surface area contributed by atoms with Crippen LogP contribution in [-0.2, 0) is 17.8 Å². The zero-order chi connectivity index (χ0) is 16.2. The third kappa shape index (κ3) is 4.98. The maximum Gasteiger partial charge on any atom is 0.407 e. The molecule has 7 heteroatoms. The molecule has 0 spiro atoms. The summed E-state index contributed by atoms with van der Waals surface area (Å²) in [7, 11) is 0. The Hall–Kier alpha value is -1.63. The largest absolute Gasteiger partial charge is 0.444 e. The van der Waals surface area contributed by atoms with E-state index in [0.717, 1.165) is 31.6 Å². The van der Waals surface area contributed by atoms with Crippen molar-refractivity contribution in [3.05, 3.63) is 12.2 Å². The van der Waals surface area contributed by atoms with Crippen molar-refractivity contribution >= 4 is 6.09 Å². The molecule has 1 fully saturated rings. The van der Waals surface area contributed by atoms with Crippen molar-refractivity contribution in [3.63, 3.8) is 0 Å². The predicted molar refractivity (Wildman–Crippen MR) is 83.3 cm³/mol. The summed E-state index contributed by atoms with van der Waals surface area (Å²) in [6.45, 7) is 9.26. The Morgan fingerprint density at radius 1 is 1.41 bits per heavy atom. The highest BCUT2D eigenvalue weighted by Crippen LogP contribution is 2.20. The summed E-state index contributed by atoms with van der Waals surface area (Å²) < 4.78 is 7.32. The zero-order valence-electron chi connectivity index (χ0n) is 13.9. The second-order valence-electron chi connectivity index (χ2n) is 6.77. The van der Waals surface area contributed by atoms with Crippen molar-refractivity contribution in [1.82, 2.24) is 25.4 Å². The summed E-state index contributed by atoms with van der Waals surface area (Å²) in [5.41, 5.74) is -0.454. The number of aromatic nitrogens is 3. The van der Waals surface area contributed by atoms with E-state index < -0.39 is 5.60 Å². The fourth-order valence-corrected chi connectivity index (χ4v) is 2.69. The van der Waals surface area contributed by atoms with Crippen molar-refractivity contribution < 1.29 is 9.53 Å². The molecular weight excluding hydrogens is 282 g/mol. The van der Waals surface area contributed by atoms with Crippen LogP contribution < -0.4 is 10.6 Å². The minimum atomic E-state index is -0.454. The summed E-state index contributed by atoms with van der Waals surface area (Å²) in [5.74, 6) is 0.950. The maximum atomic E-state index is 11.8. The molecule has 1 heterocycles. The molecule has 1 aromatic heterocycles. The van der Waals surface area contributed by atoms with Crippen LogP contribution >= 0.6 is 0 Å². The smallest absolute Gasteiger partial charge is 0.407 e. The predicted octanol–water partition coefficient (Wildman–Crippen LogP) is 1.83. The minimum Gasteiger partial charge on any atom is -0.444 e. The molecule has 124 valence electrons. The number of nitrogens with zero attached hydrogens (tertiary/aromatic N) is 3. The van der Waals surface area contributed by atoms with Gasteiger partial charge in [-0.1, -0.05) is 0 Å². The average Bonchev–Trinajstić information content (AvgIpc) is 3.02. The zero-order valence-corrected chi connectivity index (χ0v) is 13.9. The van der Waals surface area contributed by atoms with Crippen molar-refractivity contribution in [1.29, 1.82) is 0 Å². The number of ether oxygens (including phenoxy) is 1. The molecule has 0 radical (unpaired) electrons. The van der Waals surface area contributed by atoms with Crippen LogP contribution in [0.2, 0.25) is 0 Å². The molecule has 1 saturated carbocycles. The summed E-state index contributed by atoms with van der Waals surface area (Å²) in [6.07, 6.45) is 4.35. The summed E-state index contributed by atoms with van der Waals surface area (Å²) in [6, 6.07) is 0.568. The fraction of sp³-hybridized carbons (Fsp3) is 0.800. The Morgan fingerprint density at radius 3 is 2.82 bits per heavy atom. The van der Waals surface area contributed by atoms with Gasteiger partial charge in [-0.05, 0) is 47.0 Å². The van der Waals surface area contributed by atoms with Crippen LogP contribution in [0.3, 0.4) is 0 Å². The molecule has 1 aromatic rings. The van der Waals surface area contributed by atoms with E-state index >= 15 is 0 Å².